The van der Waals surface area contributed by atoms with Crippen LogP contribution in [-0.2, 0) is 22.4 Å². The smallest absolute Gasteiger partial charge is 0.311 e. The molecule has 0 saturated heterocycles. The minimum atomic E-state index is -0.867. The second-order valence-corrected chi connectivity index (χ2v) is 12.4. The van der Waals surface area contributed by atoms with E-state index in [1.54, 1.807) is 32.4 Å². The van der Waals surface area contributed by atoms with Crippen LogP contribution in [-0.4, -0.2) is 43.3 Å². The Morgan fingerprint density at radius 1 is 0.786 bits per heavy atom. The first-order chi connectivity index (χ1) is 19.9. The van der Waals surface area contributed by atoms with Crippen molar-refractivity contribution in [1.82, 2.24) is 5.32 Å². The van der Waals surface area contributed by atoms with E-state index in [1.165, 1.54) is 0 Å². The Bertz CT molecular complexity index is 1390. The maximum atomic E-state index is 12.9. The van der Waals surface area contributed by atoms with Gasteiger partial charge in [0.1, 0.15) is 11.5 Å². The molecule has 3 rings (SSSR count). The number of esters is 2. The summed E-state index contributed by atoms with van der Waals surface area (Å²) in [4.78, 5) is 25.7. The number of carbonyl (C=O) groups excluding carboxylic acids is 2. The molecular formula is C32H37Br2NO7. The molecule has 0 saturated carbocycles. The van der Waals surface area contributed by atoms with Gasteiger partial charge in [-0.15, -0.1) is 0 Å². The lowest BCUT2D eigenvalue weighted by molar-refractivity contribution is -0.137. The first-order valence-electron chi connectivity index (χ1n) is 13.5. The van der Waals surface area contributed by atoms with E-state index >= 15 is 0 Å². The Hall–Kier alpha value is -2.92. The number of aryl methyl sites for hydroxylation is 2. The number of hydrogen-bond acceptors (Lipinski definition) is 8. The number of halogens is 2. The molecule has 8 nitrogen and oxygen atoms in total. The van der Waals surface area contributed by atoms with Gasteiger partial charge in [-0.2, -0.15) is 0 Å². The van der Waals surface area contributed by atoms with Crippen LogP contribution < -0.4 is 24.3 Å². The lowest BCUT2D eigenvalue weighted by atomic mass is 10.1. The minimum Gasteiger partial charge on any atom is -0.497 e. The van der Waals surface area contributed by atoms with Gasteiger partial charge in [0.15, 0.2) is 11.5 Å². The van der Waals surface area contributed by atoms with Crippen molar-refractivity contribution in [3.8, 4) is 23.0 Å². The molecule has 226 valence electrons. The number of β-amino-alcohol motifs (C(OH)–C–C–N with tert-alkyl or cyclic N) is 1. The standard InChI is InChI=1S/C32H37Br2NO7/c1-32(2,3)35-19-27(36)22-8-13-28(41-30(37)14-9-20-6-11-23(39-4)17-25(20)33)29(16-22)42-31(38)15-10-21-7-12-24(40-5)18-26(21)34/h6-8,11-13,16-18,27,35-36H,9-10,14-15,19H2,1-5H3. The number of hydrogen-bond donors (Lipinski definition) is 2. The number of carbonyl (C=O) groups is 2. The molecule has 0 aliphatic heterocycles. The lowest BCUT2D eigenvalue weighted by Crippen LogP contribution is -2.38. The molecule has 0 spiro atoms. The van der Waals surface area contributed by atoms with E-state index in [0.717, 1.165) is 20.1 Å². The van der Waals surface area contributed by atoms with Gasteiger partial charge in [-0.25, -0.2) is 0 Å². The summed E-state index contributed by atoms with van der Waals surface area (Å²) in [6, 6.07) is 15.8. The van der Waals surface area contributed by atoms with Gasteiger partial charge in [0.25, 0.3) is 0 Å². The van der Waals surface area contributed by atoms with Crippen molar-refractivity contribution < 1.29 is 33.6 Å². The van der Waals surface area contributed by atoms with Crippen LogP contribution in [0.2, 0.25) is 0 Å². The van der Waals surface area contributed by atoms with Crippen molar-refractivity contribution in [1.29, 1.82) is 0 Å². The molecular weight excluding hydrogens is 670 g/mol. The topological polar surface area (TPSA) is 103 Å². The number of aliphatic hydroxyl groups excluding tert-OH is 1. The summed E-state index contributed by atoms with van der Waals surface area (Å²) in [7, 11) is 3.18. The first kappa shape index (κ1) is 33.6. The average molecular weight is 707 g/mol. The molecule has 1 unspecified atom stereocenters. The van der Waals surface area contributed by atoms with Crippen LogP contribution in [0.15, 0.2) is 63.5 Å². The molecule has 3 aromatic rings. The van der Waals surface area contributed by atoms with Crippen molar-refractivity contribution in [2.75, 3.05) is 20.8 Å². The van der Waals surface area contributed by atoms with Gasteiger partial charge in [0.05, 0.1) is 33.2 Å². The average Bonchev–Trinajstić information content (AvgIpc) is 2.94. The SMILES string of the molecule is COc1ccc(CCC(=O)Oc2ccc(C(O)CNC(C)(C)C)cc2OC(=O)CCc2ccc(OC)cc2Br)c(Br)c1. The zero-order valence-electron chi connectivity index (χ0n) is 24.5. The van der Waals surface area contributed by atoms with Crippen molar-refractivity contribution in [2.24, 2.45) is 0 Å². The number of nitrogens with one attached hydrogen (secondary N) is 1. The van der Waals surface area contributed by atoms with E-state index in [1.807, 2.05) is 57.2 Å². The minimum absolute atomic E-state index is 0.0695. The second-order valence-electron chi connectivity index (χ2n) is 10.7. The zero-order chi connectivity index (χ0) is 30.9. The Kier molecular flexibility index (Phi) is 12.4. The summed E-state index contributed by atoms with van der Waals surface area (Å²) >= 11 is 7.01. The van der Waals surface area contributed by atoms with E-state index in [4.69, 9.17) is 18.9 Å². The first-order valence-corrected chi connectivity index (χ1v) is 15.1. The predicted octanol–water partition coefficient (Wildman–Crippen LogP) is 6.73. The van der Waals surface area contributed by atoms with E-state index in [-0.39, 0.29) is 36.4 Å². The summed E-state index contributed by atoms with van der Waals surface area (Å²) < 4.78 is 23.4. The van der Waals surface area contributed by atoms with E-state index in [2.05, 4.69) is 37.2 Å². The highest BCUT2D eigenvalue weighted by molar-refractivity contribution is 9.10. The van der Waals surface area contributed by atoms with Gasteiger partial charge in [-0.3, -0.25) is 9.59 Å². The third-order valence-electron chi connectivity index (χ3n) is 6.34. The summed E-state index contributed by atoms with van der Waals surface area (Å²) in [6.07, 6.45) is 0.179. The number of ether oxygens (including phenoxy) is 4. The maximum absolute atomic E-state index is 12.9. The fraction of sp³-hybridized carbons (Fsp3) is 0.375. The van der Waals surface area contributed by atoms with Crippen LogP contribution in [0.3, 0.4) is 0 Å². The molecule has 0 fully saturated rings. The molecule has 0 aliphatic rings. The Morgan fingerprint density at radius 2 is 1.29 bits per heavy atom. The molecule has 42 heavy (non-hydrogen) atoms. The summed E-state index contributed by atoms with van der Waals surface area (Å²) in [5.74, 6) is 0.596. The van der Waals surface area contributed by atoms with E-state index < -0.39 is 18.0 Å². The zero-order valence-corrected chi connectivity index (χ0v) is 27.6. The highest BCUT2D eigenvalue weighted by Crippen LogP contribution is 2.32. The van der Waals surface area contributed by atoms with Crippen molar-refractivity contribution in [2.45, 2.75) is 58.1 Å². The monoisotopic (exact) mass is 705 g/mol. The fourth-order valence-corrected chi connectivity index (χ4v) is 5.07. The van der Waals surface area contributed by atoms with Crippen LogP contribution in [0, 0.1) is 0 Å². The molecule has 0 heterocycles. The van der Waals surface area contributed by atoms with Crippen LogP contribution in [0.4, 0.5) is 0 Å². The molecule has 0 amide bonds. The van der Waals surface area contributed by atoms with Crippen LogP contribution >= 0.6 is 31.9 Å². The highest BCUT2D eigenvalue weighted by atomic mass is 79.9. The Labute approximate surface area is 264 Å². The molecule has 0 aromatic heterocycles. The summed E-state index contributed by atoms with van der Waals surface area (Å²) in [5, 5.41) is 14.0. The normalized spacial score (nSPS) is 12.0. The summed E-state index contributed by atoms with van der Waals surface area (Å²) in [6.45, 7) is 6.29. The fourth-order valence-electron chi connectivity index (χ4n) is 3.95. The lowest BCUT2D eigenvalue weighted by Gasteiger charge is -2.23. The van der Waals surface area contributed by atoms with E-state index in [0.29, 0.717) is 29.9 Å². The molecule has 0 radical (unpaired) electrons. The quantitative estimate of drug-likeness (QED) is 0.149. The molecule has 0 aliphatic carbocycles. The van der Waals surface area contributed by atoms with Gasteiger partial charge in [0.2, 0.25) is 0 Å². The van der Waals surface area contributed by atoms with Crippen molar-refractivity contribution in [3.05, 3.63) is 80.2 Å². The predicted molar refractivity (Wildman–Crippen MR) is 168 cm³/mol. The van der Waals surface area contributed by atoms with E-state index in [9.17, 15) is 14.7 Å². The van der Waals surface area contributed by atoms with Gasteiger partial charge in [-0.05, 0) is 86.7 Å². The van der Waals surface area contributed by atoms with Crippen LogP contribution in [0.1, 0.15) is 56.4 Å². The van der Waals surface area contributed by atoms with Gasteiger partial charge < -0.3 is 29.4 Å². The molecule has 3 aromatic carbocycles. The van der Waals surface area contributed by atoms with Crippen molar-refractivity contribution in [3.63, 3.8) is 0 Å². The third kappa shape index (κ3) is 10.4. The Morgan fingerprint density at radius 3 is 1.74 bits per heavy atom. The number of aliphatic hydroxyl groups is 1. The van der Waals surface area contributed by atoms with Crippen LogP contribution in [0.5, 0.6) is 23.0 Å². The molecule has 1 atom stereocenters. The molecule has 10 heteroatoms. The highest BCUT2D eigenvalue weighted by Gasteiger charge is 2.20. The molecule has 2 N–H and O–H groups in total. The number of methoxy groups -OCH3 is 2. The Balaban J connectivity index is 1.73. The van der Waals surface area contributed by atoms with Gasteiger partial charge >= 0.3 is 11.9 Å². The number of benzene rings is 3. The second kappa shape index (κ2) is 15.5. The maximum Gasteiger partial charge on any atom is 0.311 e. The largest absolute Gasteiger partial charge is 0.497 e. The van der Waals surface area contributed by atoms with Gasteiger partial charge in [-0.1, -0.05) is 50.1 Å². The number of rotatable bonds is 13. The summed E-state index contributed by atoms with van der Waals surface area (Å²) in [5.41, 5.74) is 2.17. The van der Waals surface area contributed by atoms with Crippen molar-refractivity contribution >= 4 is 43.8 Å². The van der Waals surface area contributed by atoms with Crippen LogP contribution in [0.25, 0.3) is 0 Å². The van der Waals surface area contributed by atoms with Gasteiger partial charge in [0, 0.05) is 21.0 Å². The third-order valence-corrected chi connectivity index (χ3v) is 7.82. The molecule has 0 bridgehead atoms.